The van der Waals surface area contributed by atoms with Gasteiger partial charge < -0.3 is 5.11 Å². The summed E-state index contributed by atoms with van der Waals surface area (Å²) in [6.45, 7) is 4.13. The van der Waals surface area contributed by atoms with E-state index in [4.69, 9.17) is 5.26 Å². The highest BCUT2D eigenvalue weighted by Crippen LogP contribution is 2.15. The number of hydrogen-bond acceptors (Lipinski definition) is 2. The Morgan fingerprint density at radius 2 is 1.92 bits per heavy atom. The van der Waals surface area contributed by atoms with Gasteiger partial charge in [-0.1, -0.05) is 33.1 Å². The van der Waals surface area contributed by atoms with Crippen LogP contribution in [0.3, 0.4) is 0 Å². The molecule has 0 bridgehead atoms. The van der Waals surface area contributed by atoms with Crippen LogP contribution in [0.5, 0.6) is 0 Å². The molecule has 2 atom stereocenters. The number of nitriles is 1. The molecule has 0 aromatic carbocycles. The van der Waals surface area contributed by atoms with Crippen molar-refractivity contribution in [3.63, 3.8) is 0 Å². The van der Waals surface area contributed by atoms with Gasteiger partial charge in [-0.2, -0.15) is 5.26 Å². The molecule has 0 aromatic heterocycles. The highest BCUT2D eigenvalue weighted by atomic mass is 16.3. The lowest BCUT2D eigenvalue weighted by Crippen LogP contribution is -2.18. The van der Waals surface area contributed by atoms with E-state index >= 15 is 0 Å². The lowest BCUT2D eigenvalue weighted by molar-refractivity contribution is 0.116. The molecule has 0 spiro atoms. The van der Waals surface area contributed by atoms with Gasteiger partial charge in [0.1, 0.15) is 0 Å². The molecule has 0 fully saturated rings. The molecule has 2 nitrogen and oxygen atoms in total. The Kier molecular flexibility index (Phi) is 6.79. The average molecular weight is 169 g/mol. The molecule has 12 heavy (non-hydrogen) atoms. The van der Waals surface area contributed by atoms with Crippen LogP contribution in [0.15, 0.2) is 0 Å². The van der Waals surface area contributed by atoms with Crippen molar-refractivity contribution >= 4 is 0 Å². The number of aliphatic hydroxyl groups is 1. The van der Waals surface area contributed by atoms with E-state index in [0.29, 0.717) is 0 Å². The fourth-order valence-electron chi connectivity index (χ4n) is 1.27. The Balaban J connectivity index is 3.70. The van der Waals surface area contributed by atoms with Crippen molar-refractivity contribution in [2.24, 2.45) is 5.92 Å². The van der Waals surface area contributed by atoms with Crippen molar-refractivity contribution in [1.29, 1.82) is 5.26 Å². The first-order valence-corrected chi connectivity index (χ1v) is 4.83. The smallest absolute Gasteiger partial charge is 0.0722 e. The van der Waals surface area contributed by atoms with Crippen molar-refractivity contribution in [3.05, 3.63) is 0 Å². The number of aliphatic hydroxyl groups excluding tert-OH is 1. The molecule has 0 aliphatic carbocycles. The Morgan fingerprint density at radius 3 is 2.33 bits per heavy atom. The van der Waals surface area contributed by atoms with Crippen LogP contribution >= 0.6 is 0 Å². The first-order valence-electron chi connectivity index (χ1n) is 4.83. The van der Waals surface area contributed by atoms with Crippen LogP contribution in [0.4, 0.5) is 0 Å². The standard InChI is InChI=1S/C10H19NO/c1-3-5-7-10(12)9(8-11)6-4-2/h9-10,12H,3-7H2,1-2H3. The van der Waals surface area contributed by atoms with Crippen molar-refractivity contribution in [3.8, 4) is 6.07 Å². The summed E-state index contributed by atoms with van der Waals surface area (Å²) >= 11 is 0. The first kappa shape index (κ1) is 11.4. The molecular formula is C10H19NO. The van der Waals surface area contributed by atoms with Gasteiger partial charge in [0.25, 0.3) is 0 Å². The molecule has 2 unspecified atom stereocenters. The van der Waals surface area contributed by atoms with Gasteiger partial charge in [-0.15, -0.1) is 0 Å². The Morgan fingerprint density at radius 1 is 1.25 bits per heavy atom. The normalized spacial score (nSPS) is 15.2. The lowest BCUT2D eigenvalue weighted by Gasteiger charge is -2.14. The molecule has 2 heteroatoms. The predicted molar refractivity (Wildman–Crippen MR) is 49.5 cm³/mol. The Bertz CT molecular complexity index is 139. The fraction of sp³-hybridized carbons (Fsp3) is 0.900. The Hall–Kier alpha value is -0.550. The number of nitrogens with zero attached hydrogens (tertiary/aromatic N) is 1. The molecule has 0 amide bonds. The van der Waals surface area contributed by atoms with Crippen LogP contribution in [0, 0.1) is 17.2 Å². The van der Waals surface area contributed by atoms with Gasteiger partial charge in [-0.05, 0) is 12.8 Å². The molecule has 0 saturated heterocycles. The largest absolute Gasteiger partial charge is 0.392 e. The number of unbranched alkanes of at least 4 members (excludes halogenated alkanes) is 1. The molecule has 1 N–H and O–H groups in total. The zero-order chi connectivity index (χ0) is 9.40. The van der Waals surface area contributed by atoms with Crippen LogP contribution in [-0.2, 0) is 0 Å². The Labute approximate surface area is 75.2 Å². The summed E-state index contributed by atoms with van der Waals surface area (Å²) in [4.78, 5) is 0. The number of hydrogen-bond donors (Lipinski definition) is 1. The maximum Gasteiger partial charge on any atom is 0.0722 e. The average Bonchev–Trinajstić information content (AvgIpc) is 2.10. The minimum absolute atomic E-state index is 0.151. The highest BCUT2D eigenvalue weighted by molar-refractivity contribution is 4.87. The summed E-state index contributed by atoms with van der Waals surface area (Å²) in [6, 6.07) is 2.16. The maximum absolute atomic E-state index is 9.55. The lowest BCUT2D eigenvalue weighted by atomic mass is 9.95. The molecule has 0 aliphatic rings. The second-order valence-electron chi connectivity index (χ2n) is 3.23. The third-order valence-electron chi connectivity index (χ3n) is 2.08. The molecule has 0 radical (unpaired) electrons. The molecule has 70 valence electrons. The molecule has 0 saturated carbocycles. The van der Waals surface area contributed by atoms with Crippen molar-refractivity contribution in [1.82, 2.24) is 0 Å². The molecular weight excluding hydrogens is 150 g/mol. The van der Waals surface area contributed by atoms with Gasteiger partial charge in [0.15, 0.2) is 0 Å². The van der Waals surface area contributed by atoms with Crippen molar-refractivity contribution in [2.45, 2.75) is 52.1 Å². The first-order chi connectivity index (χ1) is 5.76. The molecule has 0 aliphatic heterocycles. The maximum atomic E-state index is 9.55. The summed E-state index contributed by atoms with van der Waals surface area (Å²) in [7, 11) is 0. The zero-order valence-corrected chi connectivity index (χ0v) is 8.08. The van der Waals surface area contributed by atoms with Gasteiger partial charge in [0.05, 0.1) is 18.1 Å². The highest BCUT2D eigenvalue weighted by Gasteiger charge is 2.16. The second kappa shape index (κ2) is 7.12. The van der Waals surface area contributed by atoms with Crippen molar-refractivity contribution in [2.75, 3.05) is 0 Å². The van der Waals surface area contributed by atoms with Crippen LogP contribution in [-0.4, -0.2) is 11.2 Å². The number of rotatable bonds is 6. The van der Waals surface area contributed by atoms with Gasteiger partial charge in [-0.3, -0.25) is 0 Å². The van der Waals surface area contributed by atoms with Gasteiger partial charge >= 0.3 is 0 Å². The molecule has 0 rings (SSSR count). The second-order valence-corrected chi connectivity index (χ2v) is 3.23. The van der Waals surface area contributed by atoms with Gasteiger partial charge in [0, 0.05) is 0 Å². The van der Waals surface area contributed by atoms with E-state index in [1.54, 1.807) is 0 Å². The van der Waals surface area contributed by atoms with Gasteiger partial charge in [0.2, 0.25) is 0 Å². The van der Waals surface area contributed by atoms with Crippen LogP contribution in [0.1, 0.15) is 46.0 Å². The quantitative estimate of drug-likeness (QED) is 0.663. The third-order valence-corrected chi connectivity index (χ3v) is 2.08. The van der Waals surface area contributed by atoms with E-state index in [0.717, 1.165) is 32.1 Å². The molecule has 0 heterocycles. The van der Waals surface area contributed by atoms with E-state index in [1.165, 1.54) is 0 Å². The summed E-state index contributed by atoms with van der Waals surface area (Å²) in [5, 5.41) is 18.3. The summed E-state index contributed by atoms with van der Waals surface area (Å²) in [6.07, 6.45) is 4.26. The predicted octanol–water partition coefficient (Wildman–Crippen LogP) is 2.48. The minimum Gasteiger partial charge on any atom is -0.392 e. The van der Waals surface area contributed by atoms with Crippen LogP contribution in [0.25, 0.3) is 0 Å². The fourth-order valence-corrected chi connectivity index (χ4v) is 1.27. The SMILES string of the molecule is CCCCC(O)C(C#N)CCC. The topological polar surface area (TPSA) is 44.0 Å². The van der Waals surface area contributed by atoms with E-state index < -0.39 is 6.10 Å². The van der Waals surface area contributed by atoms with Crippen LogP contribution < -0.4 is 0 Å². The van der Waals surface area contributed by atoms with E-state index in [-0.39, 0.29) is 5.92 Å². The summed E-state index contributed by atoms with van der Waals surface area (Å²) in [5.41, 5.74) is 0. The van der Waals surface area contributed by atoms with Crippen LogP contribution in [0.2, 0.25) is 0 Å². The van der Waals surface area contributed by atoms with E-state index in [2.05, 4.69) is 13.0 Å². The monoisotopic (exact) mass is 169 g/mol. The third kappa shape index (κ3) is 4.35. The minimum atomic E-state index is -0.408. The van der Waals surface area contributed by atoms with Gasteiger partial charge in [-0.25, -0.2) is 0 Å². The summed E-state index contributed by atoms with van der Waals surface area (Å²) < 4.78 is 0. The summed E-state index contributed by atoms with van der Waals surface area (Å²) in [5.74, 6) is -0.151. The zero-order valence-electron chi connectivity index (χ0n) is 8.08. The van der Waals surface area contributed by atoms with E-state index in [9.17, 15) is 5.11 Å². The molecule has 0 aromatic rings. The van der Waals surface area contributed by atoms with Crippen molar-refractivity contribution < 1.29 is 5.11 Å². The van der Waals surface area contributed by atoms with E-state index in [1.807, 2.05) is 6.92 Å².